The molecule has 2 atom stereocenters. The van der Waals surface area contributed by atoms with E-state index in [0.29, 0.717) is 5.56 Å². The lowest BCUT2D eigenvalue weighted by molar-refractivity contribution is -0.153. The third-order valence-electron chi connectivity index (χ3n) is 3.83. The summed E-state index contributed by atoms with van der Waals surface area (Å²) >= 11 is 0. The minimum absolute atomic E-state index is 0.125. The van der Waals surface area contributed by atoms with Crippen molar-refractivity contribution in [2.24, 2.45) is 0 Å². The van der Waals surface area contributed by atoms with Gasteiger partial charge in [0, 0.05) is 6.42 Å². The lowest BCUT2D eigenvalue weighted by atomic mass is 10.0. The molecule has 0 N–H and O–H groups in total. The second-order valence-electron chi connectivity index (χ2n) is 5.26. The predicted octanol–water partition coefficient (Wildman–Crippen LogP) is 2.91. The van der Waals surface area contributed by atoms with Crippen molar-refractivity contribution in [3.05, 3.63) is 66.2 Å². The van der Waals surface area contributed by atoms with Crippen molar-refractivity contribution in [1.82, 2.24) is 0 Å². The summed E-state index contributed by atoms with van der Waals surface area (Å²) in [6.45, 7) is 0. The number of sulfone groups is 1. The van der Waals surface area contributed by atoms with Gasteiger partial charge in [-0.05, 0) is 24.1 Å². The second kappa shape index (κ2) is 5.93. The fourth-order valence-corrected chi connectivity index (χ4v) is 4.57. The average Bonchev–Trinajstić information content (AvgIpc) is 2.56. The summed E-state index contributed by atoms with van der Waals surface area (Å²) in [5.41, 5.74) is 0.708. The van der Waals surface area contributed by atoms with Crippen molar-refractivity contribution in [3.8, 4) is 0 Å². The van der Waals surface area contributed by atoms with E-state index >= 15 is 0 Å². The number of cyclic esters (lactones) is 1. The molecule has 2 aromatic carbocycles. The van der Waals surface area contributed by atoms with Crippen LogP contribution in [0.15, 0.2) is 65.6 Å². The third-order valence-corrected chi connectivity index (χ3v) is 6.04. The summed E-state index contributed by atoms with van der Waals surface area (Å²) in [6.07, 6.45) is -0.358. The predicted molar refractivity (Wildman–Crippen MR) is 81.9 cm³/mol. The molecule has 0 aromatic heterocycles. The summed E-state index contributed by atoms with van der Waals surface area (Å²) < 4.78 is 31.1. The number of rotatable bonds is 3. The Bertz CT molecular complexity index is 754. The van der Waals surface area contributed by atoms with E-state index in [2.05, 4.69) is 0 Å². The van der Waals surface area contributed by atoms with Gasteiger partial charge in [0.25, 0.3) is 0 Å². The topological polar surface area (TPSA) is 60.4 Å². The molecule has 5 heteroatoms. The van der Waals surface area contributed by atoms with Crippen molar-refractivity contribution >= 4 is 15.8 Å². The highest BCUT2D eigenvalue weighted by Gasteiger charge is 2.41. The van der Waals surface area contributed by atoms with E-state index in [0.717, 1.165) is 0 Å². The molecule has 3 rings (SSSR count). The van der Waals surface area contributed by atoms with Gasteiger partial charge < -0.3 is 4.74 Å². The Morgan fingerprint density at radius 2 is 1.50 bits per heavy atom. The van der Waals surface area contributed by atoms with Gasteiger partial charge >= 0.3 is 5.97 Å². The van der Waals surface area contributed by atoms with E-state index in [4.69, 9.17) is 4.74 Å². The van der Waals surface area contributed by atoms with E-state index in [1.165, 1.54) is 0 Å². The van der Waals surface area contributed by atoms with Gasteiger partial charge in [-0.25, -0.2) is 8.42 Å². The van der Waals surface area contributed by atoms with Gasteiger partial charge in [-0.1, -0.05) is 48.5 Å². The second-order valence-corrected chi connectivity index (χ2v) is 7.42. The van der Waals surface area contributed by atoms with Crippen molar-refractivity contribution in [2.45, 2.75) is 29.1 Å². The molecule has 0 radical (unpaired) electrons. The molecule has 0 bridgehead atoms. The molecule has 1 aliphatic rings. The quantitative estimate of drug-likeness (QED) is 0.817. The van der Waals surface area contributed by atoms with Crippen LogP contribution in [0.1, 0.15) is 24.5 Å². The normalized spacial score (nSPS) is 22.1. The summed E-state index contributed by atoms with van der Waals surface area (Å²) in [7, 11) is -3.56. The summed E-state index contributed by atoms with van der Waals surface area (Å²) in [4.78, 5) is 11.9. The highest BCUT2D eigenvalue weighted by atomic mass is 32.2. The number of benzene rings is 2. The van der Waals surface area contributed by atoms with Crippen LogP contribution in [0.4, 0.5) is 0 Å². The monoisotopic (exact) mass is 316 g/mol. The first kappa shape index (κ1) is 14.8. The van der Waals surface area contributed by atoms with E-state index < -0.39 is 21.2 Å². The van der Waals surface area contributed by atoms with Crippen LogP contribution in [-0.2, 0) is 19.4 Å². The maximum atomic E-state index is 12.9. The smallest absolute Gasteiger partial charge is 0.306 e. The van der Waals surface area contributed by atoms with Crippen LogP contribution < -0.4 is 0 Å². The zero-order chi connectivity index (χ0) is 15.6. The summed E-state index contributed by atoms with van der Waals surface area (Å²) in [5, 5.41) is -0.755. The Hall–Kier alpha value is -2.14. The fourth-order valence-electron chi connectivity index (χ4n) is 2.72. The molecule has 0 spiro atoms. The van der Waals surface area contributed by atoms with E-state index in [1.807, 2.05) is 18.2 Å². The van der Waals surface area contributed by atoms with Gasteiger partial charge in [0.2, 0.25) is 0 Å². The number of esters is 1. The lowest BCUT2D eigenvalue weighted by Crippen LogP contribution is -2.36. The van der Waals surface area contributed by atoms with Gasteiger partial charge in [0.05, 0.1) is 4.90 Å². The Morgan fingerprint density at radius 3 is 2.14 bits per heavy atom. The highest BCUT2D eigenvalue weighted by Crippen LogP contribution is 2.36. The zero-order valence-corrected chi connectivity index (χ0v) is 12.7. The van der Waals surface area contributed by atoms with Gasteiger partial charge in [-0.2, -0.15) is 0 Å². The molecular formula is C17H16O4S. The van der Waals surface area contributed by atoms with Crippen LogP contribution in [0, 0.1) is 0 Å². The number of hydrogen-bond donors (Lipinski definition) is 0. The molecular weight excluding hydrogens is 300 g/mol. The van der Waals surface area contributed by atoms with Crippen molar-refractivity contribution < 1.29 is 17.9 Å². The Kier molecular flexibility index (Phi) is 3.98. The molecule has 4 nitrogen and oxygen atoms in total. The molecule has 0 saturated carbocycles. The maximum absolute atomic E-state index is 12.9. The number of hydrogen-bond acceptors (Lipinski definition) is 4. The number of carbonyl (C=O) groups is 1. The van der Waals surface area contributed by atoms with Crippen LogP contribution in [0.5, 0.6) is 0 Å². The van der Waals surface area contributed by atoms with Crippen LogP contribution >= 0.6 is 0 Å². The minimum Gasteiger partial charge on any atom is -0.456 e. The van der Waals surface area contributed by atoms with Crippen LogP contribution in [0.2, 0.25) is 0 Å². The van der Waals surface area contributed by atoms with Crippen LogP contribution in [-0.4, -0.2) is 19.6 Å². The highest BCUT2D eigenvalue weighted by molar-refractivity contribution is 7.92. The van der Waals surface area contributed by atoms with Crippen molar-refractivity contribution in [1.29, 1.82) is 0 Å². The molecule has 1 heterocycles. The molecule has 2 aromatic rings. The Balaban J connectivity index is 2.02. The SMILES string of the molecule is O=C1CCC(S(=O)(=O)c2ccccc2)C(c2ccccc2)O1. The molecule has 1 aliphatic heterocycles. The molecule has 2 unspecified atom stereocenters. The molecule has 0 amide bonds. The van der Waals surface area contributed by atoms with Gasteiger partial charge in [-0.3, -0.25) is 4.79 Å². The van der Waals surface area contributed by atoms with Gasteiger partial charge in [-0.15, -0.1) is 0 Å². The first-order chi connectivity index (χ1) is 10.6. The zero-order valence-electron chi connectivity index (χ0n) is 11.9. The molecule has 114 valence electrons. The van der Waals surface area contributed by atoms with Crippen LogP contribution in [0.25, 0.3) is 0 Å². The molecule has 0 aliphatic carbocycles. The average molecular weight is 316 g/mol. The van der Waals surface area contributed by atoms with E-state index in [-0.39, 0.29) is 23.7 Å². The lowest BCUT2D eigenvalue weighted by Gasteiger charge is -2.31. The fraction of sp³-hybridized carbons (Fsp3) is 0.235. The molecule has 1 saturated heterocycles. The summed E-state index contributed by atoms with van der Waals surface area (Å²) in [5.74, 6) is -0.353. The van der Waals surface area contributed by atoms with Crippen molar-refractivity contribution in [3.63, 3.8) is 0 Å². The number of carbonyl (C=O) groups excluding carboxylic acids is 1. The van der Waals surface area contributed by atoms with Gasteiger partial charge in [0.15, 0.2) is 9.84 Å². The van der Waals surface area contributed by atoms with Gasteiger partial charge in [0.1, 0.15) is 11.4 Å². The third kappa shape index (κ3) is 2.76. The Morgan fingerprint density at radius 1 is 0.909 bits per heavy atom. The standard InChI is InChI=1S/C17H16O4S/c18-16-12-11-15(17(21-16)13-7-3-1-4-8-13)22(19,20)14-9-5-2-6-10-14/h1-10,15,17H,11-12H2. The minimum atomic E-state index is -3.56. The number of ether oxygens (including phenoxy) is 1. The molecule has 22 heavy (non-hydrogen) atoms. The molecule has 1 fully saturated rings. The Labute approximate surface area is 129 Å². The largest absolute Gasteiger partial charge is 0.456 e. The maximum Gasteiger partial charge on any atom is 0.306 e. The van der Waals surface area contributed by atoms with Crippen molar-refractivity contribution in [2.75, 3.05) is 0 Å². The summed E-state index contributed by atoms with van der Waals surface area (Å²) in [6, 6.07) is 17.4. The first-order valence-corrected chi connectivity index (χ1v) is 8.67. The van der Waals surface area contributed by atoms with Crippen LogP contribution in [0.3, 0.4) is 0 Å². The van der Waals surface area contributed by atoms with E-state index in [9.17, 15) is 13.2 Å². The van der Waals surface area contributed by atoms with E-state index in [1.54, 1.807) is 42.5 Å². The first-order valence-electron chi connectivity index (χ1n) is 7.12.